The fraction of sp³-hybridized carbons (Fsp3) is 0.0588. The standard InChI is InChI=1S/C17H12N4O3/c22-16-9-24-15-8-11(2-4-13(15)21-16)20-17(23)10-1-3-12-14(7-10)19-6-5-18-12/h1-8H,9H2,(H,20,23)(H,21,22). The van der Waals surface area contributed by atoms with Gasteiger partial charge in [-0.05, 0) is 30.3 Å². The van der Waals surface area contributed by atoms with Crippen LogP contribution in [0.3, 0.4) is 0 Å². The highest BCUT2D eigenvalue weighted by atomic mass is 16.5. The normalized spacial score (nSPS) is 12.9. The van der Waals surface area contributed by atoms with E-state index in [2.05, 4.69) is 20.6 Å². The second-order valence-electron chi connectivity index (χ2n) is 5.26. The highest BCUT2D eigenvalue weighted by Gasteiger charge is 2.16. The van der Waals surface area contributed by atoms with Gasteiger partial charge in [0.05, 0.1) is 16.7 Å². The third-order valence-corrected chi connectivity index (χ3v) is 3.60. The van der Waals surface area contributed by atoms with Crippen LogP contribution in [-0.2, 0) is 4.79 Å². The first-order chi connectivity index (χ1) is 11.7. The van der Waals surface area contributed by atoms with Gasteiger partial charge in [-0.3, -0.25) is 19.6 Å². The van der Waals surface area contributed by atoms with Crippen molar-refractivity contribution in [2.45, 2.75) is 0 Å². The van der Waals surface area contributed by atoms with Crippen LogP contribution in [0.5, 0.6) is 5.75 Å². The van der Waals surface area contributed by atoms with Crippen molar-refractivity contribution in [2.75, 3.05) is 17.2 Å². The summed E-state index contributed by atoms with van der Waals surface area (Å²) in [6.45, 7) is -0.0340. The van der Waals surface area contributed by atoms with E-state index in [-0.39, 0.29) is 18.4 Å². The lowest BCUT2D eigenvalue weighted by atomic mass is 10.1. The number of fused-ring (bicyclic) bond motifs is 2. The van der Waals surface area contributed by atoms with E-state index in [0.29, 0.717) is 28.2 Å². The SMILES string of the molecule is O=C1COc2cc(NC(=O)c3ccc4nccnc4c3)ccc2N1. The van der Waals surface area contributed by atoms with Gasteiger partial charge in [0.2, 0.25) is 0 Å². The van der Waals surface area contributed by atoms with E-state index < -0.39 is 0 Å². The van der Waals surface area contributed by atoms with Crippen LogP contribution in [0.4, 0.5) is 11.4 Å². The Morgan fingerprint density at radius 2 is 1.92 bits per heavy atom. The molecule has 2 heterocycles. The van der Waals surface area contributed by atoms with Crippen LogP contribution >= 0.6 is 0 Å². The van der Waals surface area contributed by atoms with Gasteiger partial charge in [-0.1, -0.05) is 0 Å². The second-order valence-corrected chi connectivity index (χ2v) is 5.26. The zero-order valence-corrected chi connectivity index (χ0v) is 12.4. The lowest BCUT2D eigenvalue weighted by Gasteiger charge is -2.18. The van der Waals surface area contributed by atoms with E-state index in [9.17, 15) is 9.59 Å². The second kappa shape index (κ2) is 5.62. The maximum atomic E-state index is 12.4. The lowest BCUT2D eigenvalue weighted by Crippen LogP contribution is -2.25. The minimum Gasteiger partial charge on any atom is -0.482 e. The van der Waals surface area contributed by atoms with Crippen LogP contribution in [0, 0.1) is 0 Å². The van der Waals surface area contributed by atoms with Crippen LogP contribution in [0.1, 0.15) is 10.4 Å². The van der Waals surface area contributed by atoms with Gasteiger partial charge in [0.1, 0.15) is 5.75 Å². The summed E-state index contributed by atoms with van der Waals surface area (Å²) in [6, 6.07) is 10.2. The summed E-state index contributed by atoms with van der Waals surface area (Å²) in [7, 11) is 0. The van der Waals surface area contributed by atoms with E-state index in [0.717, 1.165) is 5.52 Å². The van der Waals surface area contributed by atoms with Crippen molar-refractivity contribution in [1.82, 2.24) is 9.97 Å². The Kier molecular flexibility index (Phi) is 3.31. The number of hydrogen-bond acceptors (Lipinski definition) is 5. The van der Waals surface area contributed by atoms with Crippen LogP contribution in [-0.4, -0.2) is 28.4 Å². The number of hydrogen-bond donors (Lipinski definition) is 2. The lowest BCUT2D eigenvalue weighted by molar-refractivity contribution is -0.118. The number of carbonyl (C=O) groups excluding carboxylic acids is 2. The molecule has 0 saturated carbocycles. The number of carbonyl (C=O) groups is 2. The molecule has 0 aliphatic carbocycles. The molecular weight excluding hydrogens is 308 g/mol. The first kappa shape index (κ1) is 14.1. The summed E-state index contributed by atoms with van der Waals surface area (Å²) >= 11 is 0. The van der Waals surface area contributed by atoms with E-state index in [1.807, 2.05) is 0 Å². The van der Waals surface area contributed by atoms with E-state index in [1.54, 1.807) is 48.8 Å². The van der Waals surface area contributed by atoms with Gasteiger partial charge in [0.15, 0.2) is 6.61 Å². The number of anilines is 2. The minimum atomic E-state index is -0.262. The summed E-state index contributed by atoms with van der Waals surface area (Å²) in [5.74, 6) is 0.0654. The molecule has 1 aromatic heterocycles. The minimum absolute atomic E-state index is 0.0340. The summed E-state index contributed by atoms with van der Waals surface area (Å²) in [5, 5.41) is 5.50. The maximum absolute atomic E-state index is 12.4. The Hall–Kier alpha value is -3.48. The van der Waals surface area contributed by atoms with Gasteiger partial charge in [-0.2, -0.15) is 0 Å². The molecule has 0 bridgehead atoms. The van der Waals surface area contributed by atoms with E-state index in [1.165, 1.54) is 0 Å². The molecule has 0 spiro atoms. The zero-order valence-electron chi connectivity index (χ0n) is 12.4. The largest absolute Gasteiger partial charge is 0.482 e. The quantitative estimate of drug-likeness (QED) is 0.755. The van der Waals surface area contributed by atoms with Crippen LogP contribution in [0.15, 0.2) is 48.8 Å². The number of amides is 2. The Balaban J connectivity index is 1.58. The number of nitrogens with one attached hydrogen (secondary N) is 2. The highest BCUT2D eigenvalue weighted by Crippen LogP contribution is 2.30. The monoisotopic (exact) mass is 320 g/mol. The third kappa shape index (κ3) is 2.63. The predicted molar refractivity (Wildman–Crippen MR) is 88.1 cm³/mol. The first-order valence-corrected chi connectivity index (χ1v) is 7.28. The molecule has 0 radical (unpaired) electrons. The third-order valence-electron chi connectivity index (χ3n) is 3.60. The van der Waals surface area contributed by atoms with Crippen LogP contribution in [0.2, 0.25) is 0 Å². The molecule has 7 nitrogen and oxygen atoms in total. The molecule has 1 aliphatic heterocycles. The average Bonchev–Trinajstić information content (AvgIpc) is 2.61. The van der Waals surface area contributed by atoms with Crippen molar-refractivity contribution in [3.05, 3.63) is 54.4 Å². The summed E-state index contributed by atoms with van der Waals surface area (Å²) in [4.78, 5) is 32.0. The fourth-order valence-corrected chi connectivity index (χ4v) is 2.46. The Morgan fingerprint density at radius 3 is 2.79 bits per heavy atom. The molecule has 7 heteroatoms. The van der Waals surface area contributed by atoms with E-state index in [4.69, 9.17) is 4.74 Å². The summed E-state index contributed by atoms with van der Waals surface area (Å²) < 4.78 is 5.34. The Labute approximate surface area is 136 Å². The zero-order chi connectivity index (χ0) is 16.5. The molecule has 0 saturated heterocycles. The van der Waals surface area contributed by atoms with Crippen molar-refractivity contribution in [2.24, 2.45) is 0 Å². The number of nitrogens with zero attached hydrogens (tertiary/aromatic N) is 2. The molecule has 0 fully saturated rings. The fourth-order valence-electron chi connectivity index (χ4n) is 2.46. The number of ether oxygens (including phenoxy) is 1. The van der Waals surface area contributed by atoms with Gasteiger partial charge in [-0.15, -0.1) is 0 Å². The summed E-state index contributed by atoms with van der Waals surface area (Å²) in [6.07, 6.45) is 3.19. The van der Waals surface area contributed by atoms with Crippen LogP contribution in [0.25, 0.3) is 11.0 Å². The van der Waals surface area contributed by atoms with Gasteiger partial charge < -0.3 is 15.4 Å². The van der Waals surface area contributed by atoms with E-state index >= 15 is 0 Å². The van der Waals surface area contributed by atoms with Crippen molar-refractivity contribution in [3.63, 3.8) is 0 Å². The van der Waals surface area contributed by atoms with Crippen molar-refractivity contribution < 1.29 is 14.3 Å². The van der Waals surface area contributed by atoms with Gasteiger partial charge in [-0.25, -0.2) is 0 Å². The molecule has 1 aliphatic rings. The highest BCUT2D eigenvalue weighted by molar-refractivity contribution is 6.06. The molecular formula is C17H12N4O3. The van der Waals surface area contributed by atoms with Gasteiger partial charge >= 0.3 is 0 Å². The molecule has 2 aromatic carbocycles. The van der Waals surface area contributed by atoms with Gasteiger partial charge in [0.25, 0.3) is 11.8 Å². The topological polar surface area (TPSA) is 93.2 Å². The first-order valence-electron chi connectivity index (χ1n) is 7.28. The molecule has 24 heavy (non-hydrogen) atoms. The number of benzene rings is 2. The molecule has 2 N–H and O–H groups in total. The molecule has 2 amide bonds. The molecule has 0 unspecified atom stereocenters. The van der Waals surface area contributed by atoms with Crippen molar-refractivity contribution in [1.29, 1.82) is 0 Å². The predicted octanol–water partition coefficient (Wildman–Crippen LogP) is 2.21. The Bertz CT molecular complexity index is 971. The Morgan fingerprint density at radius 1 is 1.08 bits per heavy atom. The maximum Gasteiger partial charge on any atom is 0.262 e. The van der Waals surface area contributed by atoms with Gasteiger partial charge in [0, 0.05) is 29.7 Å². The average molecular weight is 320 g/mol. The molecule has 0 atom stereocenters. The molecule has 3 aromatic rings. The number of aromatic nitrogens is 2. The smallest absolute Gasteiger partial charge is 0.262 e. The molecule has 4 rings (SSSR count). The summed E-state index contributed by atoms with van der Waals surface area (Å²) in [5.41, 5.74) is 3.03. The van der Waals surface area contributed by atoms with Crippen molar-refractivity contribution >= 4 is 34.2 Å². The van der Waals surface area contributed by atoms with Crippen molar-refractivity contribution in [3.8, 4) is 5.75 Å². The van der Waals surface area contributed by atoms with Crippen LogP contribution < -0.4 is 15.4 Å². The molecule has 118 valence electrons. The number of rotatable bonds is 2.